The Balaban J connectivity index is 2.66. The van der Waals surface area contributed by atoms with Crippen LogP contribution in [-0.2, 0) is 5.41 Å². The molecule has 0 aromatic heterocycles. The van der Waals surface area contributed by atoms with Crippen molar-refractivity contribution in [2.45, 2.75) is 38.6 Å². The van der Waals surface area contributed by atoms with Gasteiger partial charge in [-0.25, -0.2) is 0 Å². The lowest BCUT2D eigenvalue weighted by atomic mass is 9.84. The van der Waals surface area contributed by atoms with Crippen molar-refractivity contribution >= 4 is 5.69 Å². The van der Waals surface area contributed by atoms with Gasteiger partial charge in [-0.2, -0.15) is 0 Å². The van der Waals surface area contributed by atoms with Crippen molar-refractivity contribution in [2.24, 2.45) is 5.73 Å². The van der Waals surface area contributed by atoms with E-state index in [1.54, 1.807) is 6.07 Å². The highest BCUT2D eigenvalue weighted by atomic mass is 16.6. The second kappa shape index (κ2) is 4.24. The molecule has 1 aromatic carbocycles. The summed E-state index contributed by atoms with van der Waals surface area (Å²) in [6.45, 7) is 6.50. The average Bonchev–Trinajstić information content (AvgIpc) is 2.27. The average molecular weight is 250 g/mol. The third kappa shape index (κ3) is 2.18. The highest BCUT2D eigenvalue weighted by Crippen LogP contribution is 2.41. The van der Waals surface area contributed by atoms with Crippen molar-refractivity contribution < 1.29 is 9.66 Å². The predicted molar refractivity (Wildman–Crippen MR) is 68.8 cm³/mol. The normalized spacial score (nSPS) is 19.0. The summed E-state index contributed by atoms with van der Waals surface area (Å²) in [6.07, 6.45) is 0.692. The zero-order valence-corrected chi connectivity index (χ0v) is 10.9. The van der Waals surface area contributed by atoms with Crippen molar-refractivity contribution in [1.29, 1.82) is 0 Å². The Morgan fingerprint density at radius 2 is 2.11 bits per heavy atom. The third-order valence-electron chi connectivity index (χ3n) is 3.24. The van der Waals surface area contributed by atoms with E-state index in [-0.39, 0.29) is 17.1 Å². The van der Waals surface area contributed by atoms with Crippen LogP contribution in [-0.4, -0.2) is 11.5 Å². The summed E-state index contributed by atoms with van der Waals surface area (Å²) in [5.41, 5.74) is 7.55. The Morgan fingerprint density at radius 3 is 2.67 bits per heavy atom. The standard InChI is InChI=1S/C13H18N2O3/c1-13(2,3)8-6-9-10(14)4-5-18-12(9)11(7-8)15(16)17/h6-7,10H,4-5,14H2,1-3H3/t10-/m0/s1. The number of nitrogens with zero attached hydrogens (tertiary/aromatic N) is 1. The Labute approximate surface area is 106 Å². The Kier molecular flexibility index (Phi) is 3.02. The Bertz CT molecular complexity index is 492. The summed E-state index contributed by atoms with van der Waals surface area (Å²) >= 11 is 0. The van der Waals surface area contributed by atoms with Crippen LogP contribution in [0.4, 0.5) is 5.69 Å². The molecular formula is C13H18N2O3. The molecule has 1 aromatic rings. The van der Waals surface area contributed by atoms with Crippen molar-refractivity contribution in [3.05, 3.63) is 33.4 Å². The van der Waals surface area contributed by atoms with Crippen LogP contribution in [0, 0.1) is 10.1 Å². The monoisotopic (exact) mass is 250 g/mol. The summed E-state index contributed by atoms with van der Waals surface area (Å²) in [7, 11) is 0. The molecule has 1 atom stereocenters. The Hall–Kier alpha value is -1.62. The minimum atomic E-state index is -0.397. The molecule has 1 aliphatic rings. The smallest absolute Gasteiger partial charge is 0.311 e. The van der Waals surface area contributed by atoms with Crippen LogP contribution in [0.1, 0.15) is 44.4 Å². The van der Waals surface area contributed by atoms with Gasteiger partial charge < -0.3 is 10.5 Å². The maximum atomic E-state index is 11.1. The first kappa shape index (κ1) is 12.8. The quantitative estimate of drug-likeness (QED) is 0.614. The fraction of sp³-hybridized carbons (Fsp3) is 0.538. The lowest BCUT2D eigenvalue weighted by Gasteiger charge is -2.26. The molecule has 98 valence electrons. The van der Waals surface area contributed by atoms with Crippen LogP contribution in [0.15, 0.2) is 12.1 Å². The van der Waals surface area contributed by atoms with Gasteiger partial charge in [-0.3, -0.25) is 10.1 Å². The van der Waals surface area contributed by atoms with Crippen LogP contribution in [0.5, 0.6) is 5.75 Å². The van der Waals surface area contributed by atoms with E-state index in [4.69, 9.17) is 10.5 Å². The van der Waals surface area contributed by atoms with E-state index in [0.717, 1.165) is 11.1 Å². The van der Waals surface area contributed by atoms with E-state index >= 15 is 0 Å². The second-order valence-corrected chi connectivity index (χ2v) is 5.66. The van der Waals surface area contributed by atoms with E-state index in [9.17, 15) is 10.1 Å². The summed E-state index contributed by atoms with van der Waals surface area (Å²) in [6, 6.07) is 3.35. The molecule has 2 rings (SSSR count). The van der Waals surface area contributed by atoms with Crippen molar-refractivity contribution in [3.8, 4) is 5.75 Å². The molecule has 18 heavy (non-hydrogen) atoms. The zero-order valence-electron chi connectivity index (χ0n) is 10.9. The van der Waals surface area contributed by atoms with Gasteiger partial charge >= 0.3 is 5.69 Å². The molecule has 1 heterocycles. The molecule has 0 saturated carbocycles. The summed E-state index contributed by atoms with van der Waals surface area (Å²) < 4.78 is 5.43. The molecule has 5 nitrogen and oxygen atoms in total. The number of hydrogen-bond donors (Lipinski definition) is 1. The first-order chi connectivity index (χ1) is 8.30. The van der Waals surface area contributed by atoms with Crippen LogP contribution in [0.3, 0.4) is 0 Å². The van der Waals surface area contributed by atoms with Crippen LogP contribution >= 0.6 is 0 Å². The molecule has 2 N–H and O–H groups in total. The van der Waals surface area contributed by atoms with Gasteiger partial charge in [-0.1, -0.05) is 20.8 Å². The topological polar surface area (TPSA) is 78.4 Å². The van der Waals surface area contributed by atoms with E-state index in [0.29, 0.717) is 18.8 Å². The van der Waals surface area contributed by atoms with Crippen molar-refractivity contribution in [1.82, 2.24) is 0 Å². The van der Waals surface area contributed by atoms with Gasteiger partial charge in [0.15, 0.2) is 0 Å². The maximum absolute atomic E-state index is 11.1. The molecule has 0 fully saturated rings. The second-order valence-electron chi connectivity index (χ2n) is 5.66. The molecule has 0 amide bonds. The maximum Gasteiger partial charge on any atom is 0.311 e. The number of benzene rings is 1. The zero-order chi connectivity index (χ0) is 13.5. The molecule has 0 spiro atoms. The minimum absolute atomic E-state index is 0.0209. The lowest BCUT2D eigenvalue weighted by molar-refractivity contribution is -0.386. The predicted octanol–water partition coefficient (Wildman–Crippen LogP) is 2.67. The van der Waals surface area contributed by atoms with E-state index in [1.165, 1.54) is 0 Å². The van der Waals surface area contributed by atoms with Gasteiger partial charge in [0.25, 0.3) is 0 Å². The van der Waals surface area contributed by atoms with Crippen LogP contribution in [0.2, 0.25) is 0 Å². The molecule has 0 radical (unpaired) electrons. The largest absolute Gasteiger partial charge is 0.487 e. The number of fused-ring (bicyclic) bond motifs is 1. The molecule has 0 bridgehead atoms. The number of hydrogen-bond acceptors (Lipinski definition) is 4. The molecular weight excluding hydrogens is 232 g/mol. The van der Waals surface area contributed by atoms with E-state index in [1.807, 2.05) is 26.8 Å². The summed E-state index contributed by atoms with van der Waals surface area (Å²) in [5.74, 6) is 0.340. The van der Waals surface area contributed by atoms with Crippen LogP contribution in [0.25, 0.3) is 0 Å². The molecule has 0 saturated heterocycles. The molecule has 5 heteroatoms. The SMILES string of the molecule is CC(C)(C)c1cc2c(c([N+](=O)[O-])c1)OCC[C@@H]2N. The van der Waals surface area contributed by atoms with Crippen LogP contribution < -0.4 is 10.5 Å². The van der Waals surface area contributed by atoms with Gasteiger partial charge in [0.05, 0.1) is 11.5 Å². The molecule has 0 unspecified atom stereocenters. The van der Waals surface area contributed by atoms with Gasteiger partial charge in [-0.15, -0.1) is 0 Å². The van der Waals surface area contributed by atoms with Crippen molar-refractivity contribution in [2.75, 3.05) is 6.61 Å². The number of ether oxygens (including phenoxy) is 1. The summed E-state index contributed by atoms with van der Waals surface area (Å²) in [4.78, 5) is 10.7. The highest BCUT2D eigenvalue weighted by Gasteiger charge is 2.30. The first-order valence-corrected chi connectivity index (χ1v) is 6.02. The number of nitro groups is 1. The third-order valence-corrected chi connectivity index (χ3v) is 3.24. The summed E-state index contributed by atoms with van der Waals surface area (Å²) in [5, 5.41) is 11.1. The van der Waals surface area contributed by atoms with Gasteiger partial charge in [0.2, 0.25) is 5.75 Å². The molecule has 1 aliphatic heterocycles. The number of rotatable bonds is 1. The fourth-order valence-electron chi connectivity index (χ4n) is 2.08. The lowest BCUT2D eigenvalue weighted by Crippen LogP contribution is -2.23. The number of nitrogens with two attached hydrogens (primary N) is 1. The van der Waals surface area contributed by atoms with E-state index in [2.05, 4.69) is 0 Å². The Morgan fingerprint density at radius 1 is 1.44 bits per heavy atom. The first-order valence-electron chi connectivity index (χ1n) is 6.02. The van der Waals surface area contributed by atoms with Gasteiger partial charge in [0, 0.05) is 24.1 Å². The van der Waals surface area contributed by atoms with Gasteiger partial charge in [-0.05, 0) is 17.0 Å². The van der Waals surface area contributed by atoms with E-state index < -0.39 is 4.92 Å². The number of nitro benzene ring substituents is 1. The highest BCUT2D eigenvalue weighted by molar-refractivity contribution is 5.57. The minimum Gasteiger partial charge on any atom is -0.487 e. The fourth-order valence-corrected chi connectivity index (χ4v) is 2.08. The molecule has 0 aliphatic carbocycles. The van der Waals surface area contributed by atoms with Crippen molar-refractivity contribution in [3.63, 3.8) is 0 Å². The van der Waals surface area contributed by atoms with Gasteiger partial charge in [0.1, 0.15) is 0 Å².